The third-order valence-electron chi connectivity index (χ3n) is 4.24. The molecule has 2 aromatic rings. The average molecular weight is 396 g/mol. The van der Waals surface area contributed by atoms with Crippen LogP contribution in [0.15, 0.2) is 28.1 Å². The highest BCUT2D eigenvalue weighted by Gasteiger charge is 2.19. The SMILES string of the molecule is CNC1CCCN(Cc2csc(-c3cc(Br)ccc3OC)n2)C1. The van der Waals surface area contributed by atoms with E-state index in [1.807, 2.05) is 12.1 Å². The normalized spacial score (nSPS) is 19.0. The Morgan fingerprint density at radius 3 is 3.13 bits per heavy atom. The van der Waals surface area contributed by atoms with Gasteiger partial charge in [0.25, 0.3) is 0 Å². The summed E-state index contributed by atoms with van der Waals surface area (Å²) in [5, 5.41) is 6.57. The molecule has 3 rings (SSSR count). The van der Waals surface area contributed by atoms with E-state index < -0.39 is 0 Å². The highest BCUT2D eigenvalue weighted by atomic mass is 79.9. The summed E-state index contributed by atoms with van der Waals surface area (Å²) in [5.74, 6) is 0.863. The van der Waals surface area contributed by atoms with Gasteiger partial charge < -0.3 is 10.1 Å². The van der Waals surface area contributed by atoms with Crippen LogP contribution in [0.25, 0.3) is 10.6 Å². The minimum absolute atomic E-state index is 0.604. The molecule has 0 radical (unpaired) electrons. The van der Waals surface area contributed by atoms with Crippen molar-refractivity contribution in [2.45, 2.75) is 25.4 Å². The highest BCUT2D eigenvalue weighted by molar-refractivity contribution is 9.10. The van der Waals surface area contributed by atoms with Crippen LogP contribution in [0.3, 0.4) is 0 Å². The molecule has 1 aliphatic heterocycles. The molecule has 2 heterocycles. The van der Waals surface area contributed by atoms with Crippen molar-refractivity contribution in [3.05, 3.63) is 33.7 Å². The minimum atomic E-state index is 0.604. The lowest BCUT2D eigenvalue weighted by Gasteiger charge is -2.31. The van der Waals surface area contributed by atoms with E-state index in [1.165, 1.54) is 12.8 Å². The van der Waals surface area contributed by atoms with Crippen LogP contribution in [0.4, 0.5) is 0 Å². The van der Waals surface area contributed by atoms with Gasteiger partial charge in [-0.1, -0.05) is 15.9 Å². The largest absolute Gasteiger partial charge is 0.496 e. The Kier molecular flexibility index (Phi) is 5.69. The van der Waals surface area contributed by atoms with Crippen molar-refractivity contribution < 1.29 is 4.74 Å². The number of nitrogens with one attached hydrogen (secondary N) is 1. The number of hydrogen-bond donors (Lipinski definition) is 1. The first-order valence-corrected chi connectivity index (χ1v) is 9.55. The maximum Gasteiger partial charge on any atom is 0.129 e. The summed E-state index contributed by atoms with van der Waals surface area (Å²) < 4.78 is 6.51. The first-order valence-electron chi connectivity index (χ1n) is 7.87. The van der Waals surface area contributed by atoms with E-state index >= 15 is 0 Å². The number of thiazole rings is 1. The zero-order chi connectivity index (χ0) is 16.2. The first kappa shape index (κ1) is 16.9. The maximum atomic E-state index is 5.47. The Balaban J connectivity index is 1.74. The van der Waals surface area contributed by atoms with Crippen LogP contribution in [0.1, 0.15) is 18.5 Å². The summed E-state index contributed by atoms with van der Waals surface area (Å²) in [5.41, 5.74) is 2.19. The average Bonchev–Trinajstić information content (AvgIpc) is 3.03. The molecular formula is C17H22BrN3OS. The van der Waals surface area contributed by atoms with Gasteiger partial charge in [-0.2, -0.15) is 0 Å². The summed E-state index contributed by atoms with van der Waals surface area (Å²) in [6.45, 7) is 3.18. The van der Waals surface area contributed by atoms with Gasteiger partial charge in [-0.05, 0) is 44.6 Å². The van der Waals surface area contributed by atoms with E-state index in [2.05, 4.69) is 44.6 Å². The van der Waals surface area contributed by atoms with Gasteiger partial charge in [-0.3, -0.25) is 4.90 Å². The number of ether oxygens (including phenoxy) is 1. The van der Waals surface area contributed by atoms with Crippen molar-refractivity contribution in [1.82, 2.24) is 15.2 Å². The smallest absolute Gasteiger partial charge is 0.129 e. The van der Waals surface area contributed by atoms with Crippen molar-refractivity contribution in [3.8, 4) is 16.3 Å². The van der Waals surface area contributed by atoms with Crippen LogP contribution in [0, 0.1) is 0 Å². The van der Waals surface area contributed by atoms with Gasteiger partial charge in [-0.15, -0.1) is 11.3 Å². The first-order chi connectivity index (χ1) is 11.2. The van der Waals surface area contributed by atoms with Crippen molar-refractivity contribution in [3.63, 3.8) is 0 Å². The topological polar surface area (TPSA) is 37.4 Å². The van der Waals surface area contributed by atoms with Crippen molar-refractivity contribution in [2.24, 2.45) is 0 Å². The summed E-state index contributed by atoms with van der Waals surface area (Å²) in [7, 11) is 3.75. The summed E-state index contributed by atoms with van der Waals surface area (Å²) in [6.07, 6.45) is 2.52. The number of benzene rings is 1. The molecule has 1 aromatic heterocycles. The third-order valence-corrected chi connectivity index (χ3v) is 5.66. The molecule has 1 fully saturated rings. The maximum absolute atomic E-state index is 5.47. The van der Waals surface area contributed by atoms with Crippen LogP contribution in [0.5, 0.6) is 5.75 Å². The molecule has 0 aliphatic carbocycles. The van der Waals surface area contributed by atoms with Crippen molar-refractivity contribution >= 4 is 27.3 Å². The van der Waals surface area contributed by atoms with Gasteiger partial charge in [0, 0.05) is 29.0 Å². The van der Waals surface area contributed by atoms with E-state index in [-0.39, 0.29) is 0 Å². The van der Waals surface area contributed by atoms with Crippen LogP contribution >= 0.6 is 27.3 Å². The van der Waals surface area contributed by atoms with E-state index in [0.29, 0.717) is 6.04 Å². The van der Waals surface area contributed by atoms with Crippen LogP contribution in [-0.4, -0.2) is 43.2 Å². The molecule has 23 heavy (non-hydrogen) atoms. The zero-order valence-electron chi connectivity index (χ0n) is 13.5. The molecule has 4 nitrogen and oxygen atoms in total. The van der Waals surface area contributed by atoms with Crippen LogP contribution < -0.4 is 10.1 Å². The predicted octanol–water partition coefficient (Wildman–Crippen LogP) is 3.77. The van der Waals surface area contributed by atoms with Gasteiger partial charge in [0.1, 0.15) is 10.8 Å². The Hall–Kier alpha value is -0.950. The molecule has 1 saturated heterocycles. The fourth-order valence-corrected chi connectivity index (χ4v) is 4.21. The van der Waals surface area contributed by atoms with Gasteiger partial charge in [0.2, 0.25) is 0 Å². The van der Waals surface area contributed by atoms with Crippen LogP contribution in [0.2, 0.25) is 0 Å². The van der Waals surface area contributed by atoms with Crippen molar-refractivity contribution in [1.29, 1.82) is 0 Å². The Morgan fingerprint density at radius 2 is 2.35 bits per heavy atom. The second-order valence-electron chi connectivity index (χ2n) is 5.85. The second kappa shape index (κ2) is 7.75. The Morgan fingerprint density at radius 1 is 1.48 bits per heavy atom. The monoisotopic (exact) mass is 395 g/mol. The molecule has 1 unspecified atom stereocenters. The molecule has 0 amide bonds. The molecule has 1 N–H and O–H groups in total. The number of hydrogen-bond acceptors (Lipinski definition) is 5. The predicted molar refractivity (Wildman–Crippen MR) is 99.2 cm³/mol. The number of likely N-dealkylation sites (tertiary alicyclic amines) is 1. The summed E-state index contributed by atoms with van der Waals surface area (Å²) in [6, 6.07) is 6.64. The standard InChI is InChI=1S/C17H22BrN3OS/c1-19-13-4-3-7-21(9-13)10-14-11-23-17(20-14)15-8-12(18)5-6-16(15)22-2/h5-6,8,11,13,19H,3-4,7,9-10H2,1-2H3. The molecule has 6 heteroatoms. The molecule has 0 spiro atoms. The number of methoxy groups -OCH3 is 1. The van der Waals surface area contributed by atoms with Crippen molar-refractivity contribution in [2.75, 3.05) is 27.2 Å². The molecule has 1 aromatic carbocycles. The lowest BCUT2D eigenvalue weighted by molar-refractivity contribution is 0.186. The Labute approximate surface area is 150 Å². The number of nitrogens with zero attached hydrogens (tertiary/aromatic N) is 2. The molecule has 0 bridgehead atoms. The molecular weight excluding hydrogens is 374 g/mol. The van der Waals surface area contributed by atoms with E-state index in [9.17, 15) is 0 Å². The van der Waals surface area contributed by atoms with E-state index in [1.54, 1.807) is 18.4 Å². The number of rotatable bonds is 5. The lowest BCUT2D eigenvalue weighted by Crippen LogP contribution is -2.43. The van der Waals surface area contributed by atoms with Gasteiger partial charge in [0.15, 0.2) is 0 Å². The van der Waals surface area contributed by atoms with Gasteiger partial charge in [-0.25, -0.2) is 4.98 Å². The lowest BCUT2D eigenvalue weighted by atomic mass is 10.1. The molecule has 124 valence electrons. The number of halogens is 1. The number of likely N-dealkylation sites (N-methyl/N-ethyl adjacent to an activating group) is 1. The number of piperidine rings is 1. The third kappa shape index (κ3) is 4.12. The fourth-order valence-electron chi connectivity index (χ4n) is 3.01. The van der Waals surface area contributed by atoms with E-state index in [4.69, 9.17) is 9.72 Å². The highest BCUT2D eigenvalue weighted by Crippen LogP contribution is 2.34. The zero-order valence-corrected chi connectivity index (χ0v) is 15.9. The van der Waals surface area contributed by atoms with Gasteiger partial charge >= 0.3 is 0 Å². The van der Waals surface area contributed by atoms with E-state index in [0.717, 1.165) is 46.1 Å². The molecule has 1 aliphatic rings. The summed E-state index contributed by atoms with van der Waals surface area (Å²) in [4.78, 5) is 7.32. The second-order valence-corrected chi connectivity index (χ2v) is 7.63. The fraction of sp³-hybridized carbons (Fsp3) is 0.471. The minimum Gasteiger partial charge on any atom is -0.496 e. The van der Waals surface area contributed by atoms with Gasteiger partial charge in [0.05, 0.1) is 18.4 Å². The molecule has 1 atom stereocenters. The van der Waals surface area contributed by atoms with Crippen LogP contribution in [-0.2, 0) is 6.54 Å². The Bertz CT molecular complexity index is 661. The summed E-state index contributed by atoms with van der Waals surface area (Å²) >= 11 is 5.21. The quantitative estimate of drug-likeness (QED) is 0.835. The number of aromatic nitrogens is 1. The molecule has 0 saturated carbocycles.